The number of amides is 1. The molecule has 2 aromatic heterocycles. The first-order valence-electron chi connectivity index (χ1n) is 8.96. The van der Waals surface area contributed by atoms with Crippen molar-refractivity contribution in [1.29, 1.82) is 0 Å². The summed E-state index contributed by atoms with van der Waals surface area (Å²) in [5.74, 6) is 1.18. The van der Waals surface area contributed by atoms with Crippen LogP contribution in [0.5, 0.6) is 11.5 Å². The predicted molar refractivity (Wildman–Crippen MR) is 104 cm³/mol. The number of ether oxygens (including phenoxy) is 2. The molecule has 1 aromatic carbocycles. The van der Waals surface area contributed by atoms with Gasteiger partial charge in [-0.05, 0) is 44.5 Å². The number of nitrogens with one attached hydrogen (secondary N) is 2. The van der Waals surface area contributed by atoms with Gasteiger partial charge in [0.15, 0.2) is 11.5 Å². The van der Waals surface area contributed by atoms with Crippen molar-refractivity contribution in [3.05, 3.63) is 46.4 Å². The van der Waals surface area contributed by atoms with Crippen LogP contribution >= 0.6 is 11.6 Å². The molecule has 146 valence electrons. The van der Waals surface area contributed by atoms with E-state index in [0.29, 0.717) is 41.0 Å². The Bertz CT molecular complexity index is 1030. The maximum atomic E-state index is 12.3. The molecule has 3 aromatic rings. The van der Waals surface area contributed by atoms with E-state index in [1.54, 1.807) is 6.07 Å². The Hall–Kier alpha value is -3.00. The molecular weight excluding hydrogens is 382 g/mol. The number of aryl methyl sites for hydroxylation is 2. The molecule has 1 amide bonds. The highest BCUT2D eigenvalue weighted by molar-refractivity contribution is 6.31. The first-order chi connectivity index (χ1) is 13.5. The van der Waals surface area contributed by atoms with Gasteiger partial charge in [-0.3, -0.25) is 14.6 Å². The van der Waals surface area contributed by atoms with E-state index in [2.05, 4.69) is 20.6 Å². The Morgan fingerprint density at radius 3 is 2.89 bits per heavy atom. The number of aromatic amines is 1. The molecule has 0 saturated heterocycles. The first kappa shape index (κ1) is 18.4. The first-order valence-corrected chi connectivity index (χ1v) is 9.34. The van der Waals surface area contributed by atoms with E-state index in [1.165, 1.54) is 0 Å². The summed E-state index contributed by atoms with van der Waals surface area (Å²) in [5.41, 5.74) is 3.67. The van der Waals surface area contributed by atoms with E-state index in [1.807, 2.05) is 36.7 Å². The molecule has 3 heterocycles. The summed E-state index contributed by atoms with van der Waals surface area (Å²) in [6.07, 6.45) is 0.743. The zero-order valence-corrected chi connectivity index (χ0v) is 16.3. The Labute approximate surface area is 166 Å². The molecule has 0 bridgehead atoms. The monoisotopic (exact) mass is 401 g/mol. The smallest absolute Gasteiger partial charge is 0.269 e. The van der Waals surface area contributed by atoms with Crippen molar-refractivity contribution in [3.63, 3.8) is 0 Å². The minimum Gasteiger partial charge on any atom is -0.454 e. The third-order valence-electron chi connectivity index (χ3n) is 4.62. The molecule has 0 aliphatic carbocycles. The van der Waals surface area contributed by atoms with Gasteiger partial charge in [0.2, 0.25) is 6.79 Å². The van der Waals surface area contributed by atoms with E-state index < -0.39 is 0 Å². The fourth-order valence-electron chi connectivity index (χ4n) is 3.06. The number of nitrogens with zero attached hydrogens (tertiary/aromatic N) is 3. The van der Waals surface area contributed by atoms with Crippen LogP contribution in [-0.2, 0) is 6.54 Å². The number of aromatic nitrogens is 4. The van der Waals surface area contributed by atoms with Crippen LogP contribution in [0.4, 0.5) is 0 Å². The Morgan fingerprint density at radius 1 is 1.29 bits per heavy atom. The summed E-state index contributed by atoms with van der Waals surface area (Å²) >= 11 is 6.15. The molecule has 4 rings (SSSR count). The SMILES string of the molecule is Cc1nn(CCCNC(=O)c2cc(-c3ccc4c(c3)OCO4)n[nH]2)c(C)c1Cl. The molecule has 0 atom stereocenters. The lowest BCUT2D eigenvalue weighted by Crippen LogP contribution is -2.25. The highest BCUT2D eigenvalue weighted by atomic mass is 35.5. The Morgan fingerprint density at radius 2 is 2.11 bits per heavy atom. The van der Waals surface area contributed by atoms with Crippen LogP contribution in [0.15, 0.2) is 24.3 Å². The number of benzene rings is 1. The van der Waals surface area contributed by atoms with Gasteiger partial charge in [-0.25, -0.2) is 0 Å². The van der Waals surface area contributed by atoms with Gasteiger partial charge in [0.25, 0.3) is 5.91 Å². The van der Waals surface area contributed by atoms with Crippen LogP contribution < -0.4 is 14.8 Å². The lowest BCUT2D eigenvalue weighted by molar-refractivity contribution is 0.0947. The van der Waals surface area contributed by atoms with E-state index in [4.69, 9.17) is 21.1 Å². The van der Waals surface area contributed by atoms with Crippen molar-refractivity contribution in [1.82, 2.24) is 25.3 Å². The van der Waals surface area contributed by atoms with Gasteiger partial charge in [0, 0.05) is 18.7 Å². The van der Waals surface area contributed by atoms with Gasteiger partial charge < -0.3 is 14.8 Å². The van der Waals surface area contributed by atoms with Gasteiger partial charge in [0.1, 0.15) is 5.69 Å². The summed E-state index contributed by atoms with van der Waals surface area (Å²) < 4.78 is 12.5. The highest BCUT2D eigenvalue weighted by Crippen LogP contribution is 2.35. The van der Waals surface area contributed by atoms with Crippen molar-refractivity contribution in [2.45, 2.75) is 26.8 Å². The second-order valence-corrected chi connectivity index (χ2v) is 6.93. The van der Waals surface area contributed by atoms with Crippen LogP contribution in [0, 0.1) is 13.8 Å². The molecule has 0 spiro atoms. The van der Waals surface area contributed by atoms with E-state index >= 15 is 0 Å². The number of rotatable bonds is 6. The van der Waals surface area contributed by atoms with Crippen LogP contribution in [0.2, 0.25) is 5.02 Å². The standard InChI is InChI=1S/C19H20ClN5O3/c1-11-18(20)12(2)25(24-11)7-3-6-21-19(26)15-9-14(22-23-15)13-4-5-16-17(8-13)28-10-27-16/h4-5,8-9H,3,6-7,10H2,1-2H3,(H,21,26)(H,22,23). The number of hydrogen-bond acceptors (Lipinski definition) is 5. The zero-order valence-electron chi connectivity index (χ0n) is 15.6. The number of halogens is 1. The average molecular weight is 402 g/mol. The molecule has 9 heteroatoms. The minimum atomic E-state index is -0.203. The molecule has 0 saturated carbocycles. The third kappa shape index (κ3) is 3.55. The predicted octanol–water partition coefficient (Wildman–Crippen LogP) is 3.09. The van der Waals surface area contributed by atoms with Crippen molar-refractivity contribution in [2.75, 3.05) is 13.3 Å². The summed E-state index contributed by atoms with van der Waals surface area (Å²) in [5, 5.41) is 15.0. The van der Waals surface area contributed by atoms with Gasteiger partial charge in [-0.1, -0.05) is 11.6 Å². The van der Waals surface area contributed by atoms with Crippen molar-refractivity contribution >= 4 is 17.5 Å². The Balaban J connectivity index is 1.32. The Kier molecular flexibility index (Phi) is 4.95. The molecule has 0 unspecified atom stereocenters. The largest absolute Gasteiger partial charge is 0.454 e. The van der Waals surface area contributed by atoms with Gasteiger partial charge in [0.05, 0.1) is 22.1 Å². The normalized spacial score (nSPS) is 12.4. The molecule has 0 radical (unpaired) electrons. The fourth-order valence-corrected chi connectivity index (χ4v) is 3.20. The molecule has 1 aliphatic heterocycles. The number of carbonyl (C=O) groups excluding carboxylic acids is 1. The molecule has 8 nitrogen and oxygen atoms in total. The number of fused-ring (bicyclic) bond motifs is 1. The van der Waals surface area contributed by atoms with Crippen LogP contribution in [0.25, 0.3) is 11.3 Å². The second-order valence-electron chi connectivity index (χ2n) is 6.55. The minimum absolute atomic E-state index is 0.203. The summed E-state index contributed by atoms with van der Waals surface area (Å²) in [4.78, 5) is 12.3. The maximum Gasteiger partial charge on any atom is 0.269 e. The van der Waals surface area contributed by atoms with Crippen molar-refractivity contribution in [2.24, 2.45) is 0 Å². The molecular formula is C19H20ClN5O3. The lowest BCUT2D eigenvalue weighted by Gasteiger charge is -2.05. The highest BCUT2D eigenvalue weighted by Gasteiger charge is 2.16. The van der Waals surface area contributed by atoms with Crippen molar-refractivity contribution < 1.29 is 14.3 Å². The second kappa shape index (κ2) is 7.55. The molecule has 1 aliphatic rings. The van der Waals surface area contributed by atoms with Crippen LogP contribution in [-0.4, -0.2) is 39.2 Å². The number of H-pyrrole nitrogens is 1. The van der Waals surface area contributed by atoms with Crippen LogP contribution in [0.3, 0.4) is 0 Å². The fraction of sp³-hybridized carbons (Fsp3) is 0.316. The summed E-state index contributed by atoms with van der Waals surface area (Å²) in [6.45, 7) is 5.24. The van der Waals surface area contributed by atoms with Gasteiger partial charge >= 0.3 is 0 Å². The van der Waals surface area contributed by atoms with E-state index in [0.717, 1.165) is 23.4 Å². The van der Waals surface area contributed by atoms with Gasteiger partial charge in [-0.15, -0.1) is 0 Å². The summed E-state index contributed by atoms with van der Waals surface area (Å²) in [6, 6.07) is 7.27. The number of hydrogen-bond donors (Lipinski definition) is 2. The topological polar surface area (TPSA) is 94.1 Å². The van der Waals surface area contributed by atoms with Gasteiger partial charge in [-0.2, -0.15) is 10.2 Å². The third-order valence-corrected chi connectivity index (χ3v) is 5.16. The van der Waals surface area contributed by atoms with Crippen molar-refractivity contribution in [3.8, 4) is 22.8 Å². The van der Waals surface area contributed by atoms with E-state index in [-0.39, 0.29) is 12.7 Å². The quantitative estimate of drug-likeness (QED) is 0.619. The average Bonchev–Trinajstić information content (AvgIpc) is 3.41. The molecule has 28 heavy (non-hydrogen) atoms. The summed E-state index contributed by atoms with van der Waals surface area (Å²) in [7, 11) is 0. The maximum absolute atomic E-state index is 12.3. The zero-order chi connectivity index (χ0) is 19.7. The lowest BCUT2D eigenvalue weighted by atomic mass is 10.1. The van der Waals surface area contributed by atoms with E-state index in [9.17, 15) is 4.79 Å². The molecule has 0 fully saturated rings. The van der Waals surface area contributed by atoms with Crippen LogP contribution in [0.1, 0.15) is 28.3 Å². The molecule has 2 N–H and O–H groups in total. The number of carbonyl (C=O) groups is 1.